The van der Waals surface area contributed by atoms with Crippen LogP contribution in [0.1, 0.15) is 25.0 Å². The van der Waals surface area contributed by atoms with Gasteiger partial charge in [-0.1, -0.05) is 26.0 Å². The lowest BCUT2D eigenvalue weighted by Gasteiger charge is -2.19. The Kier molecular flexibility index (Phi) is 5.36. The molecule has 0 saturated heterocycles. The second-order valence-electron chi connectivity index (χ2n) is 5.60. The first-order valence-corrected chi connectivity index (χ1v) is 7.12. The predicted octanol–water partition coefficient (Wildman–Crippen LogP) is 3.82. The van der Waals surface area contributed by atoms with E-state index < -0.39 is 0 Å². The minimum atomic E-state index is -0.165. The summed E-state index contributed by atoms with van der Waals surface area (Å²) in [5.74, 6) is 0.262. The summed E-state index contributed by atoms with van der Waals surface area (Å²) in [5.41, 5.74) is 2.24. The van der Waals surface area contributed by atoms with E-state index in [2.05, 4.69) is 19.2 Å². The maximum Gasteiger partial charge on any atom is 0.123 e. The van der Waals surface area contributed by atoms with Gasteiger partial charge in [-0.25, -0.2) is 4.39 Å². The van der Waals surface area contributed by atoms with Gasteiger partial charge in [-0.15, -0.1) is 0 Å². The van der Waals surface area contributed by atoms with Crippen molar-refractivity contribution in [2.75, 3.05) is 6.54 Å². The van der Waals surface area contributed by atoms with E-state index in [9.17, 15) is 4.39 Å². The van der Waals surface area contributed by atoms with Crippen molar-refractivity contribution >= 4 is 0 Å². The predicted molar refractivity (Wildman–Crippen MR) is 79.1 cm³/mol. The van der Waals surface area contributed by atoms with Crippen molar-refractivity contribution in [3.05, 3.63) is 59.8 Å². The molecule has 1 heterocycles. The molecule has 108 valence electrons. The topological polar surface area (TPSA) is 25.2 Å². The van der Waals surface area contributed by atoms with E-state index in [1.165, 1.54) is 11.6 Å². The van der Waals surface area contributed by atoms with Gasteiger partial charge in [0, 0.05) is 6.04 Å². The van der Waals surface area contributed by atoms with Gasteiger partial charge < -0.3 is 9.73 Å². The van der Waals surface area contributed by atoms with Crippen molar-refractivity contribution in [3.8, 4) is 0 Å². The summed E-state index contributed by atoms with van der Waals surface area (Å²) in [7, 11) is 0. The highest BCUT2D eigenvalue weighted by atomic mass is 19.1. The van der Waals surface area contributed by atoms with Gasteiger partial charge in [0.05, 0.1) is 12.5 Å². The van der Waals surface area contributed by atoms with Crippen LogP contribution in [0.2, 0.25) is 0 Å². The molecule has 2 nitrogen and oxygen atoms in total. The maximum absolute atomic E-state index is 13.3. The van der Waals surface area contributed by atoms with E-state index in [1.54, 1.807) is 24.7 Å². The van der Waals surface area contributed by atoms with Crippen molar-refractivity contribution in [1.29, 1.82) is 0 Å². The van der Waals surface area contributed by atoms with E-state index in [-0.39, 0.29) is 5.82 Å². The molecular weight excluding hydrogens is 253 g/mol. The van der Waals surface area contributed by atoms with Crippen LogP contribution >= 0.6 is 0 Å². The lowest BCUT2D eigenvalue weighted by atomic mass is 9.93. The highest BCUT2D eigenvalue weighted by Gasteiger charge is 2.12. The number of nitrogens with one attached hydrogen (secondary N) is 1. The molecule has 2 aromatic rings. The van der Waals surface area contributed by atoms with Crippen molar-refractivity contribution in [3.63, 3.8) is 0 Å². The van der Waals surface area contributed by atoms with E-state index >= 15 is 0 Å². The molecule has 0 aliphatic rings. The molecule has 2 rings (SSSR count). The molecule has 0 bridgehead atoms. The van der Waals surface area contributed by atoms with Gasteiger partial charge in [0.1, 0.15) is 5.82 Å². The number of rotatable bonds is 7. The van der Waals surface area contributed by atoms with Crippen LogP contribution in [0.25, 0.3) is 0 Å². The number of furan rings is 1. The fraction of sp³-hybridized carbons (Fsp3) is 0.412. The molecule has 0 amide bonds. The quantitative estimate of drug-likeness (QED) is 0.831. The molecule has 0 fully saturated rings. The van der Waals surface area contributed by atoms with Gasteiger partial charge >= 0.3 is 0 Å². The van der Waals surface area contributed by atoms with Crippen LogP contribution in [-0.4, -0.2) is 12.6 Å². The van der Waals surface area contributed by atoms with E-state index in [4.69, 9.17) is 4.42 Å². The van der Waals surface area contributed by atoms with Gasteiger partial charge in [-0.2, -0.15) is 0 Å². The Bertz CT molecular complexity index is 507. The molecule has 0 aliphatic carbocycles. The van der Waals surface area contributed by atoms with Crippen LogP contribution < -0.4 is 5.32 Å². The van der Waals surface area contributed by atoms with Crippen LogP contribution in [0.3, 0.4) is 0 Å². The third-order valence-electron chi connectivity index (χ3n) is 3.33. The van der Waals surface area contributed by atoms with Crippen molar-refractivity contribution in [2.24, 2.45) is 5.92 Å². The third kappa shape index (κ3) is 4.82. The number of benzene rings is 1. The Morgan fingerprint density at radius 2 is 1.95 bits per heavy atom. The van der Waals surface area contributed by atoms with Crippen LogP contribution in [-0.2, 0) is 12.8 Å². The molecule has 0 radical (unpaired) electrons. The van der Waals surface area contributed by atoms with E-state index in [1.807, 2.05) is 12.1 Å². The molecule has 0 aliphatic heterocycles. The minimum Gasteiger partial charge on any atom is -0.472 e. The van der Waals surface area contributed by atoms with Gasteiger partial charge in [-0.3, -0.25) is 0 Å². The Hall–Kier alpha value is -1.61. The van der Waals surface area contributed by atoms with E-state index in [0.29, 0.717) is 12.0 Å². The smallest absolute Gasteiger partial charge is 0.123 e. The van der Waals surface area contributed by atoms with Crippen LogP contribution in [0.4, 0.5) is 4.39 Å². The van der Waals surface area contributed by atoms with E-state index in [0.717, 1.165) is 24.9 Å². The second kappa shape index (κ2) is 7.25. The molecule has 0 spiro atoms. The molecule has 1 atom stereocenters. The van der Waals surface area contributed by atoms with Gasteiger partial charge in [0.2, 0.25) is 0 Å². The summed E-state index contributed by atoms with van der Waals surface area (Å²) in [6, 6.07) is 9.32. The van der Waals surface area contributed by atoms with Crippen molar-refractivity contribution in [2.45, 2.75) is 32.7 Å². The molecule has 1 unspecified atom stereocenters. The lowest BCUT2D eigenvalue weighted by molar-refractivity contribution is 0.441. The monoisotopic (exact) mass is 275 g/mol. The zero-order valence-corrected chi connectivity index (χ0v) is 12.1. The summed E-state index contributed by atoms with van der Waals surface area (Å²) >= 11 is 0. The molecule has 1 N–H and O–H groups in total. The molecular formula is C17H22FNO. The summed E-state index contributed by atoms with van der Waals surface area (Å²) in [6.45, 7) is 5.19. The second-order valence-corrected chi connectivity index (χ2v) is 5.60. The summed E-state index contributed by atoms with van der Waals surface area (Å²) in [4.78, 5) is 0. The largest absolute Gasteiger partial charge is 0.472 e. The molecule has 20 heavy (non-hydrogen) atoms. The average Bonchev–Trinajstić information content (AvgIpc) is 2.89. The fourth-order valence-electron chi connectivity index (χ4n) is 2.36. The molecule has 1 aromatic heterocycles. The minimum absolute atomic E-state index is 0.165. The fourth-order valence-corrected chi connectivity index (χ4v) is 2.36. The summed E-state index contributed by atoms with van der Waals surface area (Å²) < 4.78 is 18.4. The molecule has 3 heteroatoms. The van der Waals surface area contributed by atoms with Crippen LogP contribution in [0.5, 0.6) is 0 Å². The molecule has 1 aromatic carbocycles. The summed E-state index contributed by atoms with van der Waals surface area (Å²) in [6.07, 6.45) is 5.29. The zero-order chi connectivity index (χ0) is 14.4. The Balaban J connectivity index is 2.01. The standard InChI is InChI=1S/C17H22FNO/c1-13(2)19-11-16(9-15-6-7-20-12-15)8-14-4-3-5-17(18)10-14/h3-7,10,12-13,16,19H,8-9,11H2,1-2H3. The SMILES string of the molecule is CC(C)NCC(Cc1ccoc1)Cc1cccc(F)c1. The highest BCUT2D eigenvalue weighted by molar-refractivity contribution is 5.18. The summed E-state index contributed by atoms with van der Waals surface area (Å²) in [5, 5.41) is 3.47. The average molecular weight is 275 g/mol. The Morgan fingerprint density at radius 1 is 1.15 bits per heavy atom. The first kappa shape index (κ1) is 14.8. The number of hydrogen-bond acceptors (Lipinski definition) is 2. The van der Waals surface area contributed by atoms with Gasteiger partial charge in [0.15, 0.2) is 0 Å². The number of hydrogen-bond donors (Lipinski definition) is 1. The normalized spacial score (nSPS) is 12.8. The Morgan fingerprint density at radius 3 is 2.60 bits per heavy atom. The lowest BCUT2D eigenvalue weighted by Crippen LogP contribution is -2.31. The van der Waals surface area contributed by atoms with Crippen molar-refractivity contribution in [1.82, 2.24) is 5.32 Å². The third-order valence-corrected chi connectivity index (χ3v) is 3.33. The van der Waals surface area contributed by atoms with Crippen molar-refractivity contribution < 1.29 is 8.81 Å². The van der Waals surface area contributed by atoms with Crippen LogP contribution in [0.15, 0.2) is 47.3 Å². The zero-order valence-electron chi connectivity index (χ0n) is 12.1. The van der Waals surface area contributed by atoms with Gasteiger partial charge in [0.25, 0.3) is 0 Å². The maximum atomic E-state index is 13.3. The first-order valence-electron chi connectivity index (χ1n) is 7.12. The van der Waals surface area contributed by atoms with Gasteiger partial charge in [-0.05, 0) is 54.6 Å². The highest BCUT2D eigenvalue weighted by Crippen LogP contribution is 2.16. The Labute approximate surface area is 120 Å². The number of halogens is 1. The van der Waals surface area contributed by atoms with Crippen LogP contribution in [0, 0.1) is 11.7 Å². The molecule has 0 saturated carbocycles. The first-order chi connectivity index (χ1) is 9.63.